The van der Waals surface area contributed by atoms with Gasteiger partial charge in [0.15, 0.2) is 0 Å². The van der Waals surface area contributed by atoms with Crippen LogP contribution in [0.15, 0.2) is 11.6 Å². The zero-order valence-electron chi connectivity index (χ0n) is 26.6. The monoisotopic (exact) mass is 652 g/mol. The van der Waals surface area contributed by atoms with E-state index in [1.165, 1.54) is 7.11 Å². The van der Waals surface area contributed by atoms with Gasteiger partial charge < -0.3 is 43.7 Å². The largest absolute Gasteiger partial charge is 0.507 e. The van der Waals surface area contributed by atoms with Crippen molar-refractivity contribution in [2.75, 3.05) is 86.0 Å². The topological polar surface area (TPSA) is 191 Å². The maximum atomic E-state index is 12.8. The normalized spacial score (nSPS) is 18.6. The summed E-state index contributed by atoms with van der Waals surface area (Å²) < 4.78 is 33.2. The van der Waals surface area contributed by atoms with E-state index in [2.05, 4.69) is 9.80 Å². The smallest absolute Gasteiger partial charge is 0.414 e. The summed E-state index contributed by atoms with van der Waals surface area (Å²) in [4.78, 5) is 47.6. The number of cyclic esters (lactones) is 1. The Bertz CT molecular complexity index is 1240. The Balaban J connectivity index is 0.000000875. The fourth-order valence-electron chi connectivity index (χ4n) is 5.20. The maximum absolute atomic E-state index is 12.8. The first-order valence-electron chi connectivity index (χ1n) is 15.2. The summed E-state index contributed by atoms with van der Waals surface area (Å²) in [5.74, 6) is -4.17. The summed E-state index contributed by atoms with van der Waals surface area (Å²) in [5.41, 5.74) is 2.79. The van der Waals surface area contributed by atoms with Crippen molar-refractivity contribution in [1.29, 1.82) is 0 Å². The number of aliphatic carboxylic acids is 2. The lowest BCUT2D eigenvalue weighted by Crippen LogP contribution is -2.38. The number of ether oxygens (including phenoxy) is 6. The van der Waals surface area contributed by atoms with Gasteiger partial charge in [0, 0.05) is 62.4 Å². The molecule has 1 aromatic rings. The van der Waals surface area contributed by atoms with E-state index < -0.39 is 24.2 Å². The molecule has 0 spiro atoms. The average Bonchev–Trinajstić information content (AvgIpc) is 3.38. The number of phenols is 1. The number of morpholine rings is 2. The number of fused-ring (bicyclic) bond motifs is 1. The number of hydrogen-bond donors (Lipinski definition) is 3. The second kappa shape index (κ2) is 18.4. The Morgan fingerprint density at radius 1 is 0.935 bits per heavy atom. The van der Waals surface area contributed by atoms with Crippen LogP contribution in [-0.2, 0) is 44.5 Å². The molecule has 15 nitrogen and oxygen atoms in total. The molecule has 1 unspecified atom stereocenters. The highest BCUT2D eigenvalue weighted by Crippen LogP contribution is 2.46. The van der Waals surface area contributed by atoms with Crippen molar-refractivity contribution < 1.29 is 62.9 Å². The Kier molecular flexibility index (Phi) is 14.7. The predicted octanol–water partition coefficient (Wildman–Crippen LogP) is 1.53. The van der Waals surface area contributed by atoms with Crippen LogP contribution in [0, 0.1) is 6.92 Å². The quantitative estimate of drug-likeness (QED) is 0.158. The second-order valence-electron chi connectivity index (χ2n) is 10.9. The van der Waals surface area contributed by atoms with Crippen LogP contribution in [0.2, 0.25) is 0 Å². The van der Waals surface area contributed by atoms with Gasteiger partial charge in [0.05, 0.1) is 40.1 Å². The summed E-state index contributed by atoms with van der Waals surface area (Å²) in [6.45, 7) is 12.1. The van der Waals surface area contributed by atoms with Crippen LogP contribution in [-0.4, -0.2) is 135 Å². The molecule has 2 saturated heterocycles. The predicted molar refractivity (Wildman–Crippen MR) is 161 cm³/mol. The Morgan fingerprint density at radius 3 is 2.04 bits per heavy atom. The van der Waals surface area contributed by atoms with Crippen molar-refractivity contribution in [3.8, 4) is 11.5 Å². The number of carboxylic acid groups (broad SMARTS) is 2. The van der Waals surface area contributed by atoms with Gasteiger partial charge in [-0.15, -0.1) is 0 Å². The number of carboxylic acids is 2. The van der Waals surface area contributed by atoms with E-state index in [0.717, 1.165) is 31.8 Å². The number of rotatable bonds is 13. The molecule has 0 amide bonds. The SMILES string of the molecule is COc1c(C)c2c(c(O)c1C/C=C(\C)CCC(=O)OCCN1CCOCC1)C(=O)OC2OCCN1CCOCC1.O=C(O)C(=O)O. The van der Waals surface area contributed by atoms with E-state index in [0.29, 0.717) is 88.0 Å². The number of carbonyl (C=O) groups excluding carboxylic acids is 2. The third-order valence-electron chi connectivity index (χ3n) is 7.78. The molecule has 4 rings (SSSR count). The highest BCUT2D eigenvalue weighted by molar-refractivity contribution is 6.27. The number of phenolic OH excluding ortho intramolecular Hbond substituents is 1. The van der Waals surface area contributed by atoms with Gasteiger partial charge in [0.25, 0.3) is 0 Å². The molecular weight excluding hydrogens is 608 g/mol. The molecule has 256 valence electrons. The molecule has 3 heterocycles. The minimum Gasteiger partial charge on any atom is -0.507 e. The molecule has 0 aromatic heterocycles. The van der Waals surface area contributed by atoms with Gasteiger partial charge in [-0.25, -0.2) is 14.4 Å². The molecule has 1 aromatic carbocycles. The molecular formula is C31H44N2O13. The Labute approximate surface area is 267 Å². The van der Waals surface area contributed by atoms with E-state index in [1.807, 2.05) is 19.9 Å². The number of aromatic hydroxyl groups is 1. The summed E-state index contributed by atoms with van der Waals surface area (Å²) >= 11 is 0. The number of nitrogens with zero attached hydrogens (tertiary/aromatic N) is 2. The first-order valence-corrected chi connectivity index (χ1v) is 15.2. The van der Waals surface area contributed by atoms with Gasteiger partial charge in [-0.3, -0.25) is 14.6 Å². The van der Waals surface area contributed by atoms with Crippen LogP contribution in [0.4, 0.5) is 0 Å². The zero-order valence-corrected chi connectivity index (χ0v) is 26.6. The number of allylic oxidation sites excluding steroid dienone is 2. The molecule has 1 atom stereocenters. The third kappa shape index (κ3) is 10.7. The first kappa shape index (κ1) is 36.7. The second-order valence-corrected chi connectivity index (χ2v) is 10.9. The molecule has 0 saturated carbocycles. The van der Waals surface area contributed by atoms with Gasteiger partial charge in [-0.1, -0.05) is 11.6 Å². The Hall–Kier alpha value is -3.76. The molecule has 3 N–H and O–H groups in total. The van der Waals surface area contributed by atoms with Crippen LogP contribution in [0.1, 0.15) is 53.1 Å². The number of hydrogen-bond acceptors (Lipinski definition) is 13. The van der Waals surface area contributed by atoms with Crippen molar-refractivity contribution in [2.45, 2.75) is 39.4 Å². The van der Waals surface area contributed by atoms with Gasteiger partial charge in [0.1, 0.15) is 23.7 Å². The van der Waals surface area contributed by atoms with E-state index in [-0.39, 0.29) is 23.7 Å². The lowest BCUT2D eigenvalue weighted by Gasteiger charge is -2.27. The highest BCUT2D eigenvalue weighted by Gasteiger charge is 2.39. The molecule has 15 heteroatoms. The lowest BCUT2D eigenvalue weighted by atomic mass is 9.94. The van der Waals surface area contributed by atoms with Crippen LogP contribution in [0.25, 0.3) is 0 Å². The third-order valence-corrected chi connectivity index (χ3v) is 7.78. The van der Waals surface area contributed by atoms with Crippen LogP contribution >= 0.6 is 0 Å². The molecule has 2 fully saturated rings. The number of carbonyl (C=O) groups is 4. The van der Waals surface area contributed by atoms with Gasteiger partial charge in [0.2, 0.25) is 6.29 Å². The molecule has 0 aliphatic carbocycles. The molecule has 46 heavy (non-hydrogen) atoms. The molecule has 3 aliphatic heterocycles. The van der Waals surface area contributed by atoms with Gasteiger partial charge in [-0.2, -0.15) is 0 Å². The van der Waals surface area contributed by atoms with Crippen molar-refractivity contribution in [1.82, 2.24) is 9.80 Å². The summed E-state index contributed by atoms with van der Waals surface area (Å²) in [6.07, 6.45) is 2.17. The minimum absolute atomic E-state index is 0.125. The van der Waals surface area contributed by atoms with Gasteiger partial charge >= 0.3 is 23.9 Å². The van der Waals surface area contributed by atoms with Crippen LogP contribution in [0.5, 0.6) is 11.5 Å². The van der Waals surface area contributed by atoms with Crippen molar-refractivity contribution in [3.63, 3.8) is 0 Å². The number of esters is 2. The Morgan fingerprint density at radius 2 is 1.50 bits per heavy atom. The van der Waals surface area contributed by atoms with Crippen molar-refractivity contribution in [2.24, 2.45) is 0 Å². The summed E-state index contributed by atoms with van der Waals surface area (Å²) in [6, 6.07) is 0. The van der Waals surface area contributed by atoms with E-state index >= 15 is 0 Å². The zero-order chi connectivity index (χ0) is 33.6. The fourth-order valence-corrected chi connectivity index (χ4v) is 5.20. The highest BCUT2D eigenvalue weighted by atomic mass is 16.7. The standard InChI is InChI=1S/C29H42N2O9.C2H2O4/c1-20(5-7-23(32)38-18-12-30-8-14-36-15-9-30)4-6-22-26(33)25-24(21(2)27(22)35-3)29(40-28(25)34)39-19-13-31-10-16-37-17-11-31;3-1(4)2(5)6/h4,29,33H,5-19H2,1-3H3;(H,3,4)(H,5,6)/b20-4+;. The lowest BCUT2D eigenvalue weighted by molar-refractivity contribution is -0.159. The fraction of sp³-hybridized carbons (Fsp3) is 0.613. The van der Waals surface area contributed by atoms with Crippen LogP contribution < -0.4 is 4.74 Å². The molecule has 0 bridgehead atoms. The van der Waals surface area contributed by atoms with E-state index in [9.17, 15) is 14.7 Å². The molecule has 3 aliphatic rings. The van der Waals surface area contributed by atoms with Crippen molar-refractivity contribution in [3.05, 3.63) is 33.9 Å². The summed E-state index contributed by atoms with van der Waals surface area (Å²) in [7, 11) is 1.53. The summed E-state index contributed by atoms with van der Waals surface area (Å²) in [5, 5.41) is 25.9. The van der Waals surface area contributed by atoms with E-state index in [1.54, 1.807) is 0 Å². The number of methoxy groups -OCH3 is 1. The number of benzene rings is 1. The average molecular weight is 653 g/mol. The van der Waals surface area contributed by atoms with Gasteiger partial charge in [-0.05, 0) is 26.7 Å². The first-order chi connectivity index (χ1) is 22.0. The van der Waals surface area contributed by atoms with Crippen molar-refractivity contribution >= 4 is 23.9 Å². The van der Waals surface area contributed by atoms with E-state index in [4.69, 9.17) is 48.2 Å². The minimum atomic E-state index is -1.82. The maximum Gasteiger partial charge on any atom is 0.414 e. The molecule has 0 radical (unpaired) electrons. The van der Waals surface area contributed by atoms with Crippen LogP contribution in [0.3, 0.4) is 0 Å².